The van der Waals surface area contributed by atoms with Crippen molar-refractivity contribution in [2.45, 2.75) is 24.7 Å². The van der Waals surface area contributed by atoms with Crippen molar-refractivity contribution in [1.82, 2.24) is 9.97 Å². The Kier molecular flexibility index (Phi) is 2.50. The summed E-state index contributed by atoms with van der Waals surface area (Å²) in [7, 11) is -3.15. The molecule has 2 rings (SSSR count). The van der Waals surface area contributed by atoms with Crippen LogP contribution in [0.2, 0.25) is 0 Å². The lowest BCUT2D eigenvalue weighted by Gasteiger charge is -1.97. The van der Waals surface area contributed by atoms with E-state index in [0.29, 0.717) is 10.8 Å². The van der Waals surface area contributed by atoms with Gasteiger partial charge in [0.1, 0.15) is 5.82 Å². The molecule has 0 radical (unpaired) electrons. The maximum atomic E-state index is 11.4. The van der Waals surface area contributed by atoms with Crippen molar-refractivity contribution in [1.29, 1.82) is 0 Å². The van der Waals surface area contributed by atoms with Gasteiger partial charge in [-0.15, -0.1) is 0 Å². The fourth-order valence-corrected chi connectivity index (χ4v) is 2.16. The Bertz CT molecular complexity index is 632. The summed E-state index contributed by atoms with van der Waals surface area (Å²) in [6.45, 7) is 4.07. The Labute approximate surface area is 96.1 Å². The number of imidazole rings is 1. The van der Waals surface area contributed by atoms with Crippen LogP contribution in [0.1, 0.15) is 27.0 Å². The fourth-order valence-electron chi connectivity index (χ4n) is 1.51. The summed E-state index contributed by atoms with van der Waals surface area (Å²) >= 11 is 0. The molecule has 0 fully saturated rings. The first-order valence-electron chi connectivity index (χ1n) is 5.07. The second-order valence-corrected chi connectivity index (χ2v) is 6.24. The Morgan fingerprint density at radius 1 is 1.38 bits per heavy atom. The molecule has 0 atom stereocenters. The molecule has 0 aliphatic carbocycles. The molecule has 0 amide bonds. The standard InChI is InChI=1S/C11H14N2O2S.H2/c1-7(2)11-12-9-5-4-8(16(3,14)15)6-10(9)13-11;/h4-7H,1-3H3,(H,12,13);1H. The number of aromatic amines is 1. The summed E-state index contributed by atoms with van der Waals surface area (Å²) in [4.78, 5) is 7.84. The Morgan fingerprint density at radius 2 is 2.06 bits per heavy atom. The van der Waals surface area contributed by atoms with Gasteiger partial charge in [-0.3, -0.25) is 0 Å². The van der Waals surface area contributed by atoms with Gasteiger partial charge in [0, 0.05) is 13.6 Å². The molecule has 1 aromatic heterocycles. The average molecular weight is 240 g/mol. The van der Waals surface area contributed by atoms with Gasteiger partial charge in [0.25, 0.3) is 0 Å². The fraction of sp³-hybridized carbons (Fsp3) is 0.364. The number of fused-ring (bicyclic) bond motifs is 1. The van der Waals surface area contributed by atoms with Gasteiger partial charge in [0.15, 0.2) is 9.84 Å². The van der Waals surface area contributed by atoms with Gasteiger partial charge in [-0.1, -0.05) is 13.8 Å². The molecule has 2 aromatic rings. The van der Waals surface area contributed by atoms with E-state index in [2.05, 4.69) is 9.97 Å². The highest BCUT2D eigenvalue weighted by atomic mass is 32.2. The van der Waals surface area contributed by atoms with Crippen LogP contribution in [0.3, 0.4) is 0 Å². The molecule has 0 aliphatic rings. The molecule has 1 aromatic carbocycles. The summed E-state index contributed by atoms with van der Waals surface area (Å²) in [5.41, 5.74) is 1.57. The van der Waals surface area contributed by atoms with E-state index in [0.717, 1.165) is 16.9 Å². The van der Waals surface area contributed by atoms with Gasteiger partial charge >= 0.3 is 0 Å². The van der Waals surface area contributed by atoms with Gasteiger partial charge in [-0.2, -0.15) is 0 Å². The highest BCUT2D eigenvalue weighted by Gasteiger charge is 2.11. The molecule has 4 nitrogen and oxygen atoms in total. The normalized spacial score (nSPS) is 12.5. The Morgan fingerprint density at radius 3 is 2.62 bits per heavy atom. The predicted molar refractivity (Wildman–Crippen MR) is 65.4 cm³/mol. The minimum absolute atomic E-state index is 0. The van der Waals surface area contributed by atoms with Gasteiger partial charge in [0.05, 0.1) is 15.9 Å². The lowest BCUT2D eigenvalue weighted by Crippen LogP contribution is -1.96. The van der Waals surface area contributed by atoms with Crippen LogP contribution in [-0.4, -0.2) is 24.6 Å². The van der Waals surface area contributed by atoms with Gasteiger partial charge in [0.2, 0.25) is 0 Å². The molecular formula is C11H16N2O2S. The Balaban J connectivity index is 0.00000144. The minimum Gasteiger partial charge on any atom is -0.342 e. The SMILES string of the molecule is CC(C)c1nc2ccc(S(C)(=O)=O)cc2[nH]1.[HH]. The van der Waals surface area contributed by atoms with Crippen molar-refractivity contribution in [2.75, 3.05) is 6.26 Å². The lowest BCUT2D eigenvalue weighted by atomic mass is 10.2. The lowest BCUT2D eigenvalue weighted by molar-refractivity contribution is 0.602. The van der Waals surface area contributed by atoms with E-state index < -0.39 is 9.84 Å². The van der Waals surface area contributed by atoms with Crippen molar-refractivity contribution in [2.24, 2.45) is 0 Å². The third kappa shape index (κ3) is 1.95. The zero-order valence-electron chi connectivity index (χ0n) is 9.48. The number of hydrogen-bond donors (Lipinski definition) is 1. The second-order valence-electron chi connectivity index (χ2n) is 4.23. The molecular weight excluding hydrogens is 224 g/mol. The molecule has 0 saturated carbocycles. The predicted octanol–water partition coefficient (Wildman–Crippen LogP) is 2.34. The Hall–Kier alpha value is -1.36. The zero-order chi connectivity index (χ0) is 11.9. The summed E-state index contributed by atoms with van der Waals surface area (Å²) < 4.78 is 22.8. The van der Waals surface area contributed by atoms with E-state index in [9.17, 15) is 8.42 Å². The molecule has 0 spiro atoms. The number of sulfone groups is 1. The van der Waals surface area contributed by atoms with Crippen LogP contribution in [0.25, 0.3) is 11.0 Å². The van der Waals surface area contributed by atoms with Crippen molar-refractivity contribution in [3.63, 3.8) is 0 Å². The number of H-pyrrole nitrogens is 1. The third-order valence-corrected chi connectivity index (χ3v) is 3.56. The molecule has 88 valence electrons. The second kappa shape index (κ2) is 3.59. The quantitative estimate of drug-likeness (QED) is 0.876. The highest BCUT2D eigenvalue weighted by molar-refractivity contribution is 7.90. The van der Waals surface area contributed by atoms with E-state index in [4.69, 9.17) is 0 Å². The molecule has 16 heavy (non-hydrogen) atoms. The van der Waals surface area contributed by atoms with Crippen LogP contribution in [-0.2, 0) is 9.84 Å². The summed E-state index contributed by atoms with van der Waals surface area (Å²) in [6, 6.07) is 4.94. The van der Waals surface area contributed by atoms with Crippen LogP contribution in [0.5, 0.6) is 0 Å². The molecule has 0 saturated heterocycles. The monoisotopic (exact) mass is 240 g/mol. The first-order valence-corrected chi connectivity index (χ1v) is 6.97. The molecule has 0 unspecified atom stereocenters. The van der Waals surface area contributed by atoms with E-state index in [1.165, 1.54) is 6.26 Å². The minimum atomic E-state index is -3.15. The van der Waals surface area contributed by atoms with Crippen molar-refractivity contribution < 1.29 is 9.84 Å². The van der Waals surface area contributed by atoms with Crippen LogP contribution in [0.15, 0.2) is 23.1 Å². The van der Waals surface area contributed by atoms with Crippen molar-refractivity contribution >= 4 is 20.9 Å². The van der Waals surface area contributed by atoms with Gasteiger partial charge in [-0.05, 0) is 18.2 Å². The largest absolute Gasteiger partial charge is 0.342 e. The van der Waals surface area contributed by atoms with Gasteiger partial charge < -0.3 is 4.98 Å². The molecule has 0 bridgehead atoms. The van der Waals surface area contributed by atoms with Crippen LogP contribution in [0, 0.1) is 0 Å². The molecule has 0 aliphatic heterocycles. The number of nitrogens with one attached hydrogen (secondary N) is 1. The summed E-state index contributed by atoms with van der Waals surface area (Å²) in [5, 5.41) is 0. The maximum Gasteiger partial charge on any atom is 0.175 e. The van der Waals surface area contributed by atoms with Crippen LogP contribution < -0.4 is 0 Å². The maximum absolute atomic E-state index is 11.4. The van der Waals surface area contributed by atoms with E-state index >= 15 is 0 Å². The summed E-state index contributed by atoms with van der Waals surface area (Å²) in [5.74, 6) is 1.18. The molecule has 1 heterocycles. The average Bonchev–Trinajstić information content (AvgIpc) is 2.58. The molecule has 1 N–H and O–H groups in total. The van der Waals surface area contributed by atoms with Gasteiger partial charge in [-0.25, -0.2) is 13.4 Å². The number of aromatic nitrogens is 2. The number of rotatable bonds is 2. The van der Waals surface area contributed by atoms with E-state index in [-0.39, 0.29) is 1.43 Å². The number of hydrogen-bond acceptors (Lipinski definition) is 3. The van der Waals surface area contributed by atoms with Crippen molar-refractivity contribution in [3.05, 3.63) is 24.0 Å². The van der Waals surface area contributed by atoms with Crippen LogP contribution in [0.4, 0.5) is 0 Å². The third-order valence-electron chi connectivity index (χ3n) is 2.45. The first kappa shape index (κ1) is 11.1. The summed E-state index contributed by atoms with van der Waals surface area (Å²) in [6.07, 6.45) is 1.20. The van der Waals surface area contributed by atoms with E-state index in [1.54, 1.807) is 18.2 Å². The first-order chi connectivity index (χ1) is 7.38. The topological polar surface area (TPSA) is 62.8 Å². The zero-order valence-corrected chi connectivity index (χ0v) is 10.3. The van der Waals surface area contributed by atoms with Crippen molar-refractivity contribution in [3.8, 4) is 0 Å². The molecule has 5 heteroatoms. The smallest absolute Gasteiger partial charge is 0.175 e. The number of benzene rings is 1. The number of nitrogens with zero attached hydrogens (tertiary/aromatic N) is 1. The van der Waals surface area contributed by atoms with E-state index in [1.807, 2.05) is 13.8 Å². The highest BCUT2D eigenvalue weighted by Crippen LogP contribution is 2.20. The van der Waals surface area contributed by atoms with Crippen LogP contribution >= 0.6 is 0 Å².